The third-order valence-corrected chi connectivity index (χ3v) is 4.06. The molecule has 0 atom stereocenters. The maximum absolute atomic E-state index is 6.01. The molecule has 3 aromatic rings. The predicted molar refractivity (Wildman–Crippen MR) is 106 cm³/mol. The normalized spacial score (nSPS) is 10.3. The lowest BCUT2D eigenvalue weighted by Gasteiger charge is -2.12. The summed E-state index contributed by atoms with van der Waals surface area (Å²) >= 11 is 6.01. The minimum absolute atomic E-state index is 0.356. The highest BCUT2D eigenvalue weighted by atomic mass is 35.5. The molecular formula is C19H20ClN5O2. The highest BCUT2D eigenvalue weighted by Gasteiger charge is 2.08. The van der Waals surface area contributed by atoms with Crippen LogP contribution in [0.3, 0.4) is 0 Å². The molecule has 27 heavy (non-hydrogen) atoms. The van der Waals surface area contributed by atoms with Gasteiger partial charge in [-0.15, -0.1) is 5.10 Å². The Morgan fingerprint density at radius 2 is 1.96 bits per heavy atom. The van der Waals surface area contributed by atoms with Crippen LogP contribution in [0.25, 0.3) is 0 Å². The highest BCUT2D eigenvalue weighted by molar-refractivity contribution is 6.30. The first-order chi connectivity index (χ1) is 13.2. The Kier molecular flexibility index (Phi) is 6.27. The number of nitrogens with one attached hydrogen (secondary N) is 2. The summed E-state index contributed by atoms with van der Waals surface area (Å²) < 4.78 is 10.6. The van der Waals surface area contributed by atoms with Crippen LogP contribution in [0.15, 0.2) is 48.7 Å². The molecule has 2 N–H and O–H groups in total. The van der Waals surface area contributed by atoms with Crippen LogP contribution < -0.4 is 20.1 Å². The standard InChI is InChI=1S/C19H20ClN5O2/c1-26-15-6-7-17(27-2)16(11-15)23-19-24-18(12-22-25-19)21-9-8-13-4-3-5-14(20)10-13/h3-7,10-12H,8-9H2,1-2H3,(H2,21,23,24,25). The predicted octanol–water partition coefficient (Wildman–Crippen LogP) is 3.94. The van der Waals surface area contributed by atoms with E-state index in [1.165, 1.54) is 0 Å². The second kappa shape index (κ2) is 9.05. The van der Waals surface area contributed by atoms with Crippen molar-refractivity contribution in [2.45, 2.75) is 6.42 Å². The minimum Gasteiger partial charge on any atom is -0.497 e. The Morgan fingerprint density at radius 3 is 2.74 bits per heavy atom. The average molecular weight is 386 g/mol. The van der Waals surface area contributed by atoms with Crippen molar-refractivity contribution in [3.63, 3.8) is 0 Å². The summed E-state index contributed by atoms with van der Waals surface area (Å²) in [7, 11) is 3.20. The van der Waals surface area contributed by atoms with E-state index in [0.29, 0.717) is 35.5 Å². The molecule has 8 heteroatoms. The SMILES string of the molecule is COc1ccc(OC)c(Nc2nncc(NCCc3cccc(Cl)c3)n2)c1. The number of benzene rings is 2. The van der Waals surface area contributed by atoms with Gasteiger partial charge in [-0.2, -0.15) is 10.1 Å². The van der Waals surface area contributed by atoms with Gasteiger partial charge < -0.3 is 20.1 Å². The molecule has 0 radical (unpaired) electrons. The van der Waals surface area contributed by atoms with Gasteiger partial charge in [-0.05, 0) is 36.2 Å². The average Bonchev–Trinajstić information content (AvgIpc) is 2.68. The second-order valence-corrected chi connectivity index (χ2v) is 6.10. The molecule has 0 amide bonds. The molecule has 0 aliphatic rings. The second-order valence-electron chi connectivity index (χ2n) is 5.66. The first-order valence-corrected chi connectivity index (χ1v) is 8.73. The Labute approximate surface area is 162 Å². The topological polar surface area (TPSA) is 81.2 Å². The van der Waals surface area contributed by atoms with E-state index < -0.39 is 0 Å². The van der Waals surface area contributed by atoms with E-state index in [1.807, 2.05) is 36.4 Å². The molecule has 7 nitrogen and oxygen atoms in total. The van der Waals surface area contributed by atoms with Crippen molar-refractivity contribution in [3.05, 3.63) is 59.2 Å². The summed E-state index contributed by atoms with van der Waals surface area (Å²) in [4.78, 5) is 4.43. The zero-order valence-electron chi connectivity index (χ0n) is 15.1. The van der Waals surface area contributed by atoms with Gasteiger partial charge in [0.15, 0.2) is 5.82 Å². The van der Waals surface area contributed by atoms with Crippen molar-refractivity contribution in [2.24, 2.45) is 0 Å². The van der Waals surface area contributed by atoms with Crippen molar-refractivity contribution in [1.29, 1.82) is 0 Å². The summed E-state index contributed by atoms with van der Waals surface area (Å²) in [5.41, 5.74) is 1.84. The van der Waals surface area contributed by atoms with Gasteiger partial charge in [-0.1, -0.05) is 23.7 Å². The Morgan fingerprint density at radius 1 is 1.07 bits per heavy atom. The first-order valence-electron chi connectivity index (χ1n) is 8.35. The molecule has 0 bridgehead atoms. The van der Waals surface area contributed by atoms with Crippen molar-refractivity contribution in [2.75, 3.05) is 31.4 Å². The van der Waals surface area contributed by atoms with Crippen molar-refractivity contribution < 1.29 is 9.47 Å². The lowest BCUT2D eigenvalue weighted by atomic mass is 10.1. The number of hydrogen-bond donors (Lipinski definition) is 2. The Hall–Kier alpha value is -3.06. The summed E-state index contributed by atoms with van der Waals surface area (Å²) in [6.45, 7) is 0.695. The first kappa shape index (κ1) is 18.7. The molecule has 0 saturated heterocycles. The molecule has 140 valence electrons. The fraction of sp³-hybridized carbons (Fsp3) is 0.211. The van der Waals surface area contributed by atoms with Gasteiger partial charge in [0.25, 0.3) is 0 Å². The number of hydrogen-bond acceptors (Lipinski definition) is 7. The van der Waals surface area contributed by atoms with Gasteiger partial charge in [0, 0.05) is 17.6 Å². The van der Waals surface area contributed by atoms with E-state index >= 15 is 0 Å². The number of anilines is 3. The highest BCUT2D eigenvalue weighted by Crippen LogP contribution is 2.30. The molecule has 3 rings (SSSR count). The maximum Gasteiger partial charge on any atom is 0.249 e. The zero-order chi connectivity index (χ0) is 19.1. The number of rotatable bonds is 8. The zero-order valence-corrected chi connectivity index (χ0v) is 15.8. The molecule has 0 saturated carbocycles. The van der Waals surface area contributed by atoms with E-state index in [-0.39, 0.29) is 0 Å². The van der Waals surface area contributed by atoms with Gasteiger partial charge in [0.1, 0.15) is 11.5 Å². The van der Waals surface area contributed by atoms with Gasteiger partial charge >= 0.3 is 0 Å². The molecule has 0 aliphatic carbocycles. The van der Waals surface area contributed by atoms with Crippen molar-refractivity contribution >= 4 is 29.1 Å². The number of ether oxygens (including phenoxy) is 2. The van der Waals surface area contributed by atoms with Crippen LogP contribution >= 0.6 is 11.6 Å². The van der Waals surface area contributed by atoms with Crippen molar-refractivity contribution in [1.82, 2.24) is 15.2 Å². The van der Waals surface area contributed by atoms with Crippen molar-refractivity contribution in [3.8, 4) is 11.5 Å². The molecule has 0 aliphatic heterocycles. The van der Waals surface area contributed by atoms with Gasteiger partial charge in [-0.3, -0.25) is 0 Å². The van der Waals surface area contributed by atoms with Crippen LogP contribution in [0.4, 0.5) is 17.5 Å². The Bertz CT molecular complexity index is 907. The molecule has 1 aromatic heterocycles. The van der Waals surface area contributed by atoms with Crippen LogP contribution in [0.1, 0.15) is 5.56 Å². The minimum atomic E-state index is 0.356. The number of aromatic nitrogens is 3. The monoisotopic (exact) mass is 385 g/mol. The van der Waals surface area contributed by atoms with E-state index in [9.17, 15) is 0 Å². The lowest BCUT2D eigenvalue weighted by molar-refractivity contribution is 0.405. The molecule has 0 fully saturated rings. The molecule has 1 heterocycles. The Balaban J connectivity index is 1.65. The summed E-state index contributed by atoms with van der Waals surface area (Å²) in [5.74, 6) is 2.33. The van der Waals surface area contributed by atoms with Crippen LogP contribution in [0.5, 0.6) is 11.5 Å². The van der Waals surface area contributed by atoms with Gasteiger partial charge in [-0.25, -0.2) is 0 Å². The third-order valence-electron chi connectivity index (χ3n) is 3.82. The fourth-order valence-corrected chi connectivity index (χ4v) is 2.71. The van der Waals surface area contributed by atoms with Crippen LogP contribution in [-0.4, -0.2) is 35.9 Å². The molecule has 0 unspecified atom stereocenters. The number of nitrogens with zero attached hydrogens (tertiary/aromatic N) is 3. The molecule has 2 aromatic carbocycles. The van der Waals surface area contributed by atoms with Gasteiger partial charge in [0.05, 0.1) is 26.1 Å². The molecule has 0 spiro atoms. The number of methoxy groups -OCH3 is 2. The van der Waals surface area contributed by atoms with E-state index in [0.717, 1.165) is 17.0 Å². The van der Waals surface area contributed by atoms with Crippen LogP contribution in [0, 0.1) is 0 Å². The summed E-state index contributed by atoms with van der Waals surface area (Å²) in [6.07, 6.45) is 2.39. The van der Waals surface area contributed by atoms with E-state index in [1.54, 1.807) is 26.5 Å². The largest absolute Gasteiger partial charge is 0.497 e. The molecular weight excluding hydrogens is 366 g/mol. The number of halogens is 1. The summed E-state index contributed by atoms with van der Waals surface area (Å²) in [6, 6.07) is 13.2. The fourth-order valence-electron chi connectivity index (χ4n) is 2.50. The third kappa shape index (κ3) is 5.21. The summed E-state index contributed by atoms with van der Waals surface area (Å²) in [5, 5.41) is 15.1. The maximum atomic E-state index is 6.01. The quantitative estimate of drug-likeness (QED) is 0.607. The van der Waals surface area contributed by atoms with E-state index in [4.69, 9.17) is 21.1 Å². The van der Waals surface area contributed by atoms with Crippen LogP contribution in [-0.2, 0) is 6.42 Å². The van der Waals surface area contributed by atoms with Gasteiger partial charge in [0.2, 0.25) is 5.95 Å². The smallest absolute Gasteiger partial charge is 0.249 e. The lowest BCUT2D eigenvalue weighted by Crippen LogP contribution is -2.09. The van der Waals surface area contributed by atoms with E-state index in [2.05, 4.69) is 25.8 Å². The van der Waals surface area contributed by atoms with Crippen LogP contribution in [0.2, 0.25) is 5.02 Å².